The first-order chi connectivity index (χ1) is 11.1. The third kappa shape index (κ3) is 5.13. The minimum atomic E-state index is -1.84. The van der Waals surface area contributed by atoms with Gasteiger partial charge in [0.1, 0.15) is 26.5 Å². The molecule has 1 aromatic heterocycles. The van der Waals surface area contributed by atoms with Crippen molar-refractivity contribution in [1.29, 1.82) is 0 Å². The van der Waals surface area contributed by atoms with E-state index in [2.05, 4.69) is 46.1 Å². The molecule has 7 heteroatoms. The lowest BCUT2D eigenvalue weighted by Crippen LogP contribution is -2.48. The van der Waals surface area contributed by atoms with Crippen LogP contribution in [0.2, 0.25) is 18.1 Å². The molecule has 0 aromatic carbocycles. The number of halogens is 2. The third-order valence-electron chi connectivity index (χ3n) is 4.58. The van der Waals surface area contributed by atoms with Crippen LogP contribution in [0.3, 0.4) is 0 Å². The molecule has 0 radical (unpaired) electrons. The Balaban J connectivity index is 3.17. The van der Waals surface area contributed by atoms with Gasteiger partial charge in [0, 0.05) is 6.42 Å². The normalized spacial score (nSPS) is 14.4. The number of hydrogen-bond acceptors (Lipinski definition) is 3. The zero-order valence-corrected chi connectivity index (χ0v) is 18.9. The largest absolute Gasteiger partial charge is 0.591 e. The van der Waals surface area contributed by atoms with Gasteiger partial charge in [-0.2, -0.15) is 0 Å². The van der Waals surface area contributed by atoms with E-state index in [0.717, 1.165) is 23.3 Å². The molecule has 1 atom stereocenters. The van der Waals surface area contributed by atoms with Gasteiger partial charge in [-0.25, -0.2) is 9.37 Å². The van der Waals surface area contributed by atoms with Gasteiger partial charge < -0.3 is 4.55 Å². The highest BCUT2D eigenvalue weighted by atomic mass is 79.9. The van der Waals surface area contributed by atoms with Crippen molar-refractivity contribution in [3.8, 4) is 0 Å². The Bertz CT molecular complexity index is 580. The van der Waals surface area contributed by atoms with Crippen LogP contribution < -0.4 is 5.19 Å². The van der Waals surface area contributed by atoms with Crippen LogP contribution in [-0.4, -0.2) is 28.6 Å². The van der Waals surface area contributed by atoms with Gasteiger partial charge in [-0.1, -0.05) is 43.3 Å². The molecule has 0 N–H and O–H groups in total. The molecular weight excluding hydrogens is 407 g/mol. The summed E-state index contributed by atoms with van der Waals surface area (Å²) >= 11 is 2.09. The minimum Gasteiger partial charge on any atom is -0.591 e. The van der Waals surface area contributed by atoms with Crippen molar-refractivity contribution >= 4 is 46.8 Å². The summed E-state index contributed by atoms with van der Waals surface area (Å²) in [5.74, 6) is -0.205. The van der Waals surface area contributed by atoms with E-state index in [4.69, 9.17) is 0 Å². The van der Waals surface area contributed by atoms with Gasteiger partial charge >= 0.3 is 0 Å². The van der Waals surface area contributed by atoms with Crippen molar-refractivity contribution in [2.24, 2.45) is 4.40 Å². The third-order valence-corrected chi connectivity index (χ3v) is 11.9. The summed E-state index contributed by atoms with van der Waals surface area (Å²) < 4.78 is 31.3. The highest BCUT2D eigenvalue weighted by molar-refractivity contribution is 9.10. The number of rotatable bonds is 7. The van der Waals surface area contributed by atoms with Crippen molar-refractivity contribution < 1.29 is 8.94 Å². The number of nitrogens with zero attached hydrogens (tertiary/aromatic N) is 2. The Kier molecular flexibility index (Phi) is 8.10. The highest BCUT2D eigenvalue weighted by Gasteiger charge is 2.33. The van der Waals surface area contributed by atoms with Gasteiger partial charge in [-0.3, -0.25) is 0 Å². The molecule has 1 heterocycles. The molecule has 0 bridgehead atoms. The van der Waals surface area contributed by atoms with Crippen molar-refractivity contribution in [2.45, 2.75) is 70.8 Å². The van der Waals surface area contributed by atoms with Gasteiger partial charge in [0.15, 0.2) is 0 Å². The Labute approximate surface area is 158 Å². The highest BCUT2D eigenvalue weighted by Crippen LogP contribution is 2.24. The molecule has 1 aromatic rings. The first-order valence-corrected chi connectivity index (χ1v) is 12.9. The molecule has 1 unspecified atom stereocenters. The van der Waals surface area contributed by atoms with Crippen LogP contribution >= 0.6 is 15.9 Å². The van der Waals surface area contributed by atoms with Crippen LogP contribution in [-0.2, 0) is 17.8 Å². The minimum absolute atomic E-state index is 0.205. The topological polar surface area (TPSA) is 48.3 Å². The summed E-state index contributed by atoms with van der Waals surface area (Å²) in [4.78, 5) is 4.28. The van der Waals surface area contributed by atoms with E-state index in [1.165, 1.54) is 6.21 Å². The lowest BCUT2D eigenvalue weighted by Gasteiger charge is -2.29. The second-order valence-corrected chi connectivity index (χ2v) is 14.9. The number of hydrogen-bond donors (Lipinski definition) is 0. The molecule has 0 aliphatic carbocycles. The maximum atomic E-state index is 15.1. The van der Waals surface area contributed by atoms with E-state index in [1.54, 1.807) is 0 Å². The van der Waals surface area contributed by atoms with Crippen LogP contribution in [0.15, 0.2) is 15.1 Å². The Hall–Kier alpha value is -0.243. The molecule has 1 rings (SSSR count). The summed E-state index contributed by atoms with van der Waals surface area (Å²) in [6.07, 6.45) is 1.78. The summed E-state index contributed by atoms with van der Waals surface area (Å²) in [5, 5.41) is 0.845. The maximum Gasteiger partial charge on any atom is 0.144 e. The van der Waals surface area contributed by atoms with Crippen molar-refractivity contribution in [3.05, 3.63) is 22.2 Å². The summed E-state index contributed by atoms with van der Waals surface area (Å²) in [6.45, 7) is 12.0. The molecule has 136 valence electrons. The SMILES string of the molecule is CC[Si](CC)(CC)c1cc(Br)nc(C/C=N\[S+]([O-])C(C)(C)C)c1F. The first-order valence-electron chi connectivity index (χ1n) is 8.41. The van der Waals surface area contributed by atoms with Crippen LogP contribution in [0.4, 0.5) is 4.39 Å². The predicted molar refractivity (Wildman–Crippen MR) is 109 cm³/mol. The standard InChI is InChI=1S/C17H28BrFN2OSSi/c1-7-24(8-2,9-3)14-12-15(18)21-13(16(14)19)10-11-20-23(22)17(4,5)6/h11-12H,7-10H2,1-6H3/b20-11-. The Morgan fingerprint density at radius 2 is 1.83 bits per heavy atom. The average Bonchev–Trinajstić information content (AvgIpc) is 2.52. The first kappa shape index (κ1) is 21.8. The predicted octanol–water partition coefficient (Wildman–Crippen LogP) is 4.77. The van der Waals surface area contributed by atoms with E-state index in [1.807, 2.05) is 26.8 Å². The van der Waals surface area contributed by atoms with E-state index in [0.29, 0.717) is 10.3 Å². The maximum absolute atomic E-state index is 15.1. The van der Waals surface area contributed by atoms with Crippen molar-refractivity contribution in [3.63, 3.8) is 0 Å². The van der Waals surface area contributed by atoms with Gasteiger partial charge in [0.05, 0.1) is 20.0 Å². The fourth-order valence-corrected chi connectivity index (χ4v) is 7.62. The molecule has 0 fully saturated rings. The molecule has 0 amide bonds. The van der Waals surface area contributed by atoms with Gasteiger partial charge in [-0.15, -0.1) is 0 Å². The monoisotopic (exact) mass is 434 g/mol. The van der Waals surface area contributed by atoms with Gasteiger partial charge in [0.2, 0.25) is 0 Å². The van der Waals surface area contributed by atoms with E-state index < -0.39 is 24.2 Å². The van der Waals surface area contributed by atoms with Crippen molar-refractivity contribution in [1.82, 2.24) is 4.98 Å². The quantitative estimate of drug-likeness (QED) is 0.268. The molecule has 3 nitrogen and oxygen atoms in total. The zero-order chi connectivity index (χ0) is 18.5. The summed E-state index contributed by atoms with van der Waals surface area (Å²) in [5.41, 5.74) is 0.376. The van der Waals surface area contributed by atoms with Crippen LogP contribution in [0.1, 0.15) is 47.2 Å². The molecule has 0 spiro atoms. The van der Waals surface area contributed by atoms with Gasteiger partial charge in [-0.05, 0) is 48.0 Å². The molecule has 0 aliphatic rings. The Morgan fingerprint density at radius 3 is 2.29 bits per heavy atom. The molecule has 0 saturated carbocycles. The number of aromatic nitrogens is 1. The smallest absolute Gasteiger partial charge is 0.144 e. The fraction of sp³-hybridized carbons (Fsp3) is 0.647. The van der Waals surface area contributed by atoms with E-state index in [-0.39, 0.29) is 12.2 Å². The number of pyridine rings is 1. The molecule has 0 saturated heterocycles. The second kappa shape index (κ2) is 8.92. The van der Waals surface area contributed by atoms with Crippen LogP contribution in [0, 0.1) is 5.82 Å². The second-order valence-electron chi connectivity index (χ2n) is 6.95. The fourth-order valence-electron chi connectivity index (χ4n) is 2.74. The van der Waals surface area contributed by atoms with Gasteiger partial charge in [0.25, 0.3) is 0 Å². The summed E-state index contributed by atoms with van der Waals surface area (Å²) in [7, 11) is -1.84. The molecule has 24 heavy (non-hydrogen) atoms. The summed E-state index contributed by atoms with van der Waals surface area (Å²) in [6, 6.07) is 4.88. The van der Waals surface area contributed by atoms with Crippen LogP contribution in [0.5, 0.6) is 0 Å². The Morgan fingerprint density at radius 1 is 1.29 bits per heavy atom. The molecular formula is C17H28BrFN2OSSi. The van der Waals surface area contributed by atoms with Crippen LogP contribution in [0.25, 0.3) is 0 Å². The van der Waals surface area contributed by atoms with E-state index >= 15 is 4.39 Å². The lowest BCUT2D eigenvalue weighted by atomic mass is 10.3. The van der Waals surface area contributed by atoms with Crippen molar-refractivity contribution in [2.75, 3.05) is 0 Å². The average molecular weight is 435 g/mol. The lowest BCUT2D eigenvalue weighted by molar-refractivity contribution is 0.561. The zero-order valence-electron chi connectivity index (χ0n) is 15.4. The van der Waals surface area contributed by atoms with E-state index in [9.17, 15) is 4.55 Å². The molecule has 0 aliphatic heterocycles.